The fourth-order valence-corrected chi connectivity index (χ4v) is 1.94. The highest BCUT2D eigenvalue weighted by Gasteiger charge is 2.00. The van der Waals surface area contributed by atoms with Gasteiger partial charge in [-0.15, -0.1) is 0 Å². The van der Waals surface area contributed by atoms with Gasteiger partial charge in [-0.25, -0.2) is 9.59 Å². The topological polar surface area (TPSA) is 82.1 Å². The van der Waals surface area contributed by atoms with E-state index in [9.17, 15) is 9.59 Å². The Labute approximate surface area is 162 Å². The molecular weight excluding hydrogens is 460 g/mol. The van der Waals surface area contributed by atoms with Crippen LogP contribution in [0, 0.1) is 0 Å². The van der Waals surface area contributed by atoms with Crippen LogP contribution < -0.4 is 9.47 Å². The maximum atomic E-state index is 10.7. The Bertz CT molecular complexity index is 671. The molecule has 0 aliphatic carbocycles. The second kappa shape index (κ2) is 11.5. The zero-order valence-electron chi connectivity index (χ0n) is 13.3. The van der Waals surface area contributed by atoms with E-state index >= 15 is 0 Å². The van der Waals surface area contributed by atoms with Crippen LogP contribution in [0.15, 0.2) is 57.5 Å². The Balaban J connectivity index is 0.000000251. The average molecular weight is 476 g/mol. The Hall–Kier alpha value is -2.06. The predicted octanol–water partition coefficient (Wildman–Crippen LogP) is 3.91. The summed E-state index contributed by atoms with van der Waals surface area (Å²) < 4.78 is 16.3. The van der Waals surface area contributed by atoms with Crippen molar-refractivity contribution in [2.75, 3.05) is 20.3 Å². The fourth-order valence-electron chi connectivity index (χ4n) is 1.41. The zero-order valence-corrected chi connectivity index (χ0v) is 16.4. The molecule has 0 amide bonds. The Kier molecular flexibility index (Phi) is 9.64. The predicted molar refractivity (Wildman–Crippen MR) is 98.9 cm³/mol. The molecule has 8 heteroatoms. The van der Waals surface area contributed by atoms with Gasteiger partial charge in [0.15, 0.2) is 13.2 Å². The number of benzene rings is 2. The minimum Gasteiger partial charge on any atom is -0.482 e. The molecule has 0 unspecified atom stereocenters. The summed E-state index contributed by atoms with van der Waals surface area (Å²) in [6, 6.07) is 14.2. The number of carbonyl (C=O) groups excluding carboxylic acids is 1. The highest BCUT2D eigenvalue weighted by molar-refractivity contribution is 9.10. The van der Waals surface area contributed by atoms with Gasteiger partial charge >= 0.3 is 11.9 Å². The van der Waals surface area contributed by atoms with Crippen molar-refractivity contribution in [3.8, 4) is 11.5 Å². The van der Waals surface area contributed by atoms with Crippen LogP contribution in [0.1, 0.15) is 0 Å². The summed E-state index contributed by atoms with van der Waals surface area (Å²) in [5.41, 5.74) is 0. The van der Waals surface area contributed by atoms with Crippen molar-refractivity contribution in [2.24, 2.45) is 0 Å². The molecule has 0 saturated carbocycles. The number of aliphatic carboxylic acids is 1. The number of hydrogen-bond donors (Lipinski definition) is 1. The van der Waals surface area contributed by atoms with Crippen LogP contribution in [0.4, 0.5) is 0 Å². The van der Waals surface area contributed by atoms with Crippen LogP contribution in [0.2, 0.25) is 0 Å². The Morgan fingerprint density at radius 1 is 0.840 bits per heavy atom. The maximum absolute atomic E-state index is 10.7. The van der Waals surface area contributed by atoms with Gasteiger partial charge in [0.2, 0.25) is 0 Å². The molecule has 0 radical (unpaired) electrons. The third-order valence-corrected chi connectivity index (χ3v) is 3.63. The third-order valence-electron chi connectivity index (χ3n) is 2.57. The van der Waals surface area contributed by atoms with Crippen LogP contribution in [0.25, 0.3) is 0 Å². The van der Waals surface area contributed by atoms with Gasteiger partial charge in [-0.2, -0.15) is 0 Å². The minimum absolute atomic E-state index is 0.0574. The van der Waals surface area contributed by atoms with Gasteiger partial charge in [0.25, 0.3) is 0 Å². The first-order valence-electron chi connectivity index (χ1n) is 6.96. The second-order valence-corrected chi connectivity index (χ2v) is 6.29. The molecule has 6 nitrogen and oxygen atoms in total. The Morgan fingerprint density at radius 2 is 1.24 bits per heavy atom. The van der Waals surface area contributed by atoms with Gasteiger partial charge in [0.05, 0.1) is 7.11 Å². The summed E-state index contributed by atoms with van der Waals surface area (Å²) in [5, 5.41) is 8.30. The van der Waals surface area contributed by atoms with Gasteiger partial charge in [-0.3, -0.25) is 0 Å². The summed E-state index contributed by atoms with van der Waals surface area (Å²) in [6.45, 7) is -0.361. The molecule has 0 heterocycles. The largest absolute Gasteiger partial charge is 0.482 e. The van der Waals surface area contributed by atoms with E-state index in [-0.39, 0.29) is 19.2 Å². The molecule has 0 spiro atoms. The van der Waals surface area contributed by atoms with E-state index in [1.54, 1.807) is 36.4 Å². The molecule has 0 aromatic heterocycles. The Morgan fingerprint density at radius 3 is 1.60 bits per heavy atom. The summed E-state index contributed by atoms with van der Waals surface area (Å²) in [7, 11) is 1.33. The van der Waals surface area contributed by atoms with Crippen molar-refractivity contribution in [2.45, 2.75) is 0 Å². The normalized spacial score (nSPS) is 9.40. The smallest absolute Gasteiger partial charge is 0.343 e. The van der Waals surface area contributed by atoms with Gasteiger partial charge in [0.1, 0.15) is 11.5 Å². The first kappa shape index (κ1) is 21.0. The van der Waals surface area contributed by atoms with E-state index in [2.05, 4.69) is 36.6 Å². The molecule has 0 aliphatic rings. The van der Waals surface area contributed by atoms with E-state index in [0.717, 1.165) is 8.95 Å². The molecule has 134 valence electrons. The lowest BCUT2D eigenvalue weighted by Crippen LogP contribution is -2.12. The van der Waals surface area contributed by atoms with Gasteiger partial charge in [0, 0.05) is 8.95 Å². The number of carbonyl (C=O) groups is 2. The number of esters is 1. The first-order chi connectivity index (χ1) is 11.9. The molecule has 0 aliphatic heterocycles. The molecule has 0 bridgehead atoms. The summed E-state index contributed by atoms with van der Waals surface area (Å²) in [6.07, 6.45) is 0. The van der Waals surface area contributed by atoms with Crippen molar-refractivity contribution in [3.63, 3.8) is 0 Å². The fraction of sp³-hybridized carbons (Fsp3) is 0.176. The van der Waals surface area contributed by atoms with E-state index in [1.807, 2.05) is 12.1 Å². The monoisotopic (exact) mass is 474 g/mol. The molecule has 2 aromatic rings. The number of halogens is 2. The van der Waals surface area contributed by atoms with Gasteiger partial charge in [-0.1, -0.05) is 31.9 Å². The highest BCUT2D eigenvalue weighted by Crippen LogP contribution is 2.16. The lowest BCUT2D eigenvalue weighted by atomic mass is 10.3. The van der Waals surface area contributed by atoms with Crippen molar-refractivity contribution in [1.29, 1.82) is 0 Å². The molecule has 2 rings (SSSR count). The molecule has 0 saturated heterocycles. The number of carboxylic acids is 1. The summed E-state index contributed by atoms with van der Waals surface area (Å²) >= 11 is 6.55. The van der Waals surface area contributed by atoms with Crippen molar-refractivity contribution in [3.05, 3.63) is 57.5 Å². The quantitative estimate of drug-likeness (QED) is 0.637. The summed E-state index contributed by atoms with van der Waals surface area (Å²) in [4.78, 5) is 20.8. The summed E-state index contributed by atoms with van der Waals surface area (Å²) in [5.74, 6) is -0.157. The van der Waals surface area contributed by atoms with Crippen molar-refractivity contribution < 1.29 is 28.9 Å². The lowest BCUT2D eigenvalue weighted by Gasteiger charge is -2.03. The molecule has 2 aromatic carbocycles. The maximum Gasteiger partial charge on any atom is 0.343 e. The second-order valence-electron chi connectivity index (χ2n) is 4.46. The molecule has 0 fully saturated rings. The number of carboxylic acid groups (broad SMARTS) is 1. The minimum atomic E-state index is -0.974. The third kappa shape index (κ3) is 9.73. The van der Waals surface area contributed by atoms with Crippen LogP contribution in [-0.4, -0.2) is 37.4 Å². The SMILES string of the molecule is COC(=O)COc1ccc(Br)cc1.O=C(O)COc1ccc(Br)cc1. The highest BCUT2D eigenvalue weighted by atomic mass is 79.9. The lowest BCUT2D eigenvalue weighted by molar-refractivity contribution is -0.143. The van der Waals surface area contributed by atoms with Gasteiger partial charge in [-0.05, 0) is 48.5 Å². The molecule has 1 N–H and O–H groups in total. The first-order valence-corrected chi connectivity index (χ1v) is 8.54. The van der Waals surface area contributed by atoms with Crippen LogP contribution >= 0.6 is 31.9 Å². The van der Waals surface area contributed by atoms with Crippen LogP contribution in [0.5, 0.6) is 11.5 Å². The van der Waals surface area contributed by atoms with E-state index in [0.29, 0.717) is 11.5 Å². The molecule has 25 heavy (non-hydrogen) atoms. The van der Waals surface area contributed by atoms with Crippen LogP contribution in [0.3, 0.4) is 0 Å². The number of methoxy groups -OCH3 is 1. The van der Waals surface area contributed by atoms with E-state index in [1.165, 1.54) is 7.11 Å². The zero-order chi connectivity index (χ0) is 18.7. The van der Waals surface area contributed by atoms with Crippen molar-refractivity contribution in [1.82, 2.24) is 0 Å². The van der Waals surface area contributed by atoms with Crippen molar-refractivity contribution >= 4 is 43.8 Å². The van der Waals surface area contributed by atoms with E-state index < -0.39 is 5.97 Å². The van der Waals surface area contributed by atoms with Gasteiger partial charge < -0.3 is 19.3 Å². The van der Waals surface area contributed by atoms with E-state index in [4.69, 9.17) is 14.6 Å². The molecular formula is C17H16Br2O6. The number of rotatable bonds is 6. The number of ether oxygens (including phenoxy) is 3. The molecule has 0 atom stereocenters. The average Bonchev–Trinajstić information content (AvgIpc) is 2.61. The van der Waals surface area contributed by atoms with Crippen LogP contribution in [-0.2, 0) is 14.3 Å². The standard InChI is InChI=1S/C9H9BrO3.C8H7BrO3/c1-12-9(11)6-13-8-4-2-7(10)3-5-8;9-6-1-3-7(4-2-6)12-5-8(10)11/h2-5H,6H2,1H3;1-4H,5H2,(H,10,11). The number of hydrogen-bond acceptors (Lipinski definition) is 5.